The van der Waals surface area contributed by atoms with Gasteiger partial charge in [0, 0.05) is 56.5 Å². The Bertz CT molecular complexity index is 865. The van der Waals surface area contributed by atoms with Gasteiger partial charge in [0.1, 0.15) is 0 Å². The number of rotatable bonds is 2. The van der Waals surface area contributed by atoms with Crippen LogP contribution in [0.25, 0.3) is 5.57 Å². The number of halogens is 1. The van der Waals surface area contributed by atoms with E-state index in [2.05, 4.69) is 34.3 Å². The second-order valence-corrected chi connectivity index (χ2v) is 7.53. The molecule has 27 heavy (non-hydrogen) atoms. The largest absolute Gasteiger partial charge is 0.368 e. The van der Waals surface area contributed by atoms with Gasteiger partial charge >= 0.3 is 0 Å². The molecule has 1 atom stereocenters. The first-order valence-corrected chi connectivity index (χ1v) is 9.71. The second-order valence-electron chi connectivity index (χ2n) is 7.09. The number of piperazine rings is 1. The molecule has 3 aliphatic heterocycles. The number of amides is 1. The molecule has 1 amide bonds. The van der Waals surface area contributed by atoms with Crippen molar-refractivity contribution in [1.82, 2.24) is 20.1 Å². The van der Waals surface area contributed by atoms with Gasteiger partial charge in [-0.05, 0) is 41.7 Å². The lowest BCUT2D eigenvalue weighted by Gasteiger charge is -2.34. The first-order chi connectivity index (χ1) is 13.1. The minimum atomic E-state index is -0.0419. The van der Waals surface area contributed by atoms with Crippen molar-refractivity contribution in [1.29, 1.82) is 0 Å². The zero-order chi connectivity index (χ0) is 18.8. The fourth-order valence-electron chi connectivity index (χ4n) is 3.68. The fraction of sp³-hybridized carbons (Fsp3) is 0.333. The van der Waals surface area contributed by atoms with Crippen LogP contribution < -0.4 is 5.32 Å². The third kappa shape index (κ3) is 3.84. The molecule has 6 heteroatoms. The Balaban J connectivity index is 1.66. The molecule has 0 radical (unpaired) electrons. The fourth-order valence-corrected chi connectivity index (χ4v) is 3.85. The van der Waals surface area contributed by atoms with Crippen molar-refractivity contribution in [2.75, 3.05) is 26.2 Å². The number of fused-ring (bicyclic) bond motifs is 1. The maximum absolute atomic E-state index is 13.1. The highest BCUT2D eigenvalue weighted by molar-refractivity contribution is 6.30. The molecule has 4 heterocycles. The van der Waals surface area contributed by atoms with E-state index in [1.165, 1.54) is 0 Å². The van der Waals surface area contributed by atoms with E-state index in [0.29, 0.717) is 5.02 Å². The summed E-state index contributed by atoms with van der Waals surface area (Å²) in [5.74, 6) is 0.163. The summed E-state index contributed by atoms with van der Waals surface area (Å²) in [6.45, 7) is 5.95. The smallest absolute Gasteiger partial charge is 0.255 e. The highest BCUT2D eigenvalue weighted by Gasteiger charge is 2.24. The first-order valence-electron chi connectivity index (χ1n) is 9.33. The van der Waals surface area contributed by atoms with Crippen LogP contribution in [0.1, 0.15) is 18.9 Å². The predicted octanol–water partition coefficient (Wildman–Crippen LogP) is 3.19. The van der Waals surface area contributed by atoms with Crippen LogP contribution in [0, 0.1) is 5.92 Å². The average molecular weight is 383 g/mol. The SMILES string of the molecule is CC1CC=C2C=CC(N3CCNCC3)=CN2C(=O)C=C1c1cncc(Cl)c1. The highest BCUT2D eigenvalue weighted by Crippen LogP contribution is 2.32. The van der Waals surface area contributed by atoms with Crippen molar-refractivity contribution >= 4 is 23.1 Å². The summed E-state index contributed by atoms with van der Waals surface area (Å²) in [5, 5.41) is 3.94. The third-order valence-corrected chi connectivity index (χ3v) is 5.42. The molecular formula is C21H23ClN4O. The Morgan fingerprint density at radius 1 is 1.19 bits per heavy atom. The molecule has 140 valence electrons. The van der Waals surface area contributed by atoms with Crippen LogP contribution in [0.15, 0.2) is 60.4 Å². The predicted molar refractivity (Wildman–Crippen MR) is 108 cm³/mol. The molecule has 0 aromatic carbocycles. The van der Waals surface area contributed by atoms with Crippen LogP contribution in [0.3, 0.4) is 0 Å². The molecule has 1 N–H and O–H groups in total. The van der Waals surface area contributed by atoms with Crippen LogP contribution in [0.2, 0.25) is 5.02 Å². The highest BCUT2D eigenvalue weighted by atomic mass is 35.5. The van der Waals surface area contributed by atoms with Crippen LogP contribution in [-0.2, 0) is 4.79 Å². The number of carbonyl (C=O) groups is 1. The zero-order valence-electron chi connectivity index (χ0n) is 15.4. The molecule has 0 spiro atoms. The maximum atomic E-state index is 13.1. The van der Waals surface area contributed by atoms with Crippen molar-refractivity contribution < 1.29 is 4.79 Å². The van der Waals surface area contributed by atoms with Crippen LogP contribution in [0.5, 0.6) is 0 Å². The van der Waals surface area contributed by atoms with Gasteiger partial charge in [-0.2, -0.15) is 0 Å². The number of hydrogen-bond acceptors (Lipinski definition) is 4. The van der Waals surface area contributed by atoms with E-state index in [0.717, 1.165) is 55.1 Å². The van der Waals surface area contributed by atoms with Gasteiger partial charge in [0.15, 0.2) is 0 Å². The number of nitrogens with zero attached hydrogens (tertiary/aromatic N) is 3. The third-order valence-electron chi connectivity index (χ3n) is 5.21. The van der Waals surface area contributed by atoms with Gasteiger partial charge < -0.3 is 10.2 Å². The summed E-state index contributed by atoms with van der Waals surface area (Å²) >= 11 is 6.11. The molecule has 0 aliphatic carbocycles. The number of hydrogen-bond donors (Lipinski definition) is 1. The summed E-state index contributed by atoms with van der Waals surface area (Å²) < 4.78 is 0. The van der Waals surface area contributed by atoms with Gasteiger partial charge in [0.05, 0.1) is 10.7 Å². The molecule has 4 rings (SSSR count). The Morgan fingerprint density at radius 3 is 2.74 bits per heavy atom. The Morgan fingerprint density at radius 2 is 1.96 bits per heavy atom. The van der Waals surface area contributed by atoms with Crippen molar-refractivity contribution in [3.63, 3.8) is 0 Å². The van der Waals surface area contributed by atoms with Crippen LogP contribution in [-0.4, -0.2) is 46.9 Å². The van der Waals surface area contributed by atoms with Gasteiger partial charge in [0.25, 0.3) is 5.91 Å². The summed E-state index contributed by atoms with van der Waals surface area (Å²) in [7, 11) is 0. The van der Waals surface area contributed by atoms with Gasteiger partial charge in [-0.25, -0.2) is 0 Å². The summed E-state index contributed by atoms with van der Waals surface area (Å²) in [4.78, 5) is 21.3. The average Bonchev–Trinajstić information content (AvgIpc) is 2.69. The lowest BCUT2D eigenvalue weighted by atomic mass is 9.90. The van der Waals surface area contributed by atoms with Crippen molar-refractivity contribution in [2.45, 2.75) is 13.3 Å². The van der Waals surface area contributed by atoms with Crippen molar-refractivity contribution in [3.05, 3.63) is 70.9 Å². The summed E-state index contributed by atoms with van der Waals surface area (Å²) in [6, 6.07) is 1.87. The van der Waals surface area contributed by atoms with Crippen molar-refractivity contribution in [3.8, 4) is 0 Å². The van der Waals surface area contributed by atoms with Gasteiger partial charge in [-0.1, -0.05) is 24.6 Å². The van der Waals surface area contributed by atoms with Crippen molar-refractivity contribution in [2.24, 2.45) is 5.92 Å². The van der Waals surface area contributed by atoms with E-state index in [4.69, 9.17) is 11.6 Å². The van der Waals surface area contributed by atoms with Crippen LogP contribution in [0.4, 0.5) is 0 Å². The first kappa shape index (κ1) is 18.0. The van der Waals surface area contributed by atoms with Gasteiger partial charge in [0.2, 0.25) is 0 Å². The van der Waals surface area contributed by atoms with E-state index in [-0.39, 0.29) is 11.8 Å². The maximum Gasteiger partial charge on any atom is 0.255 e. The zero-order valence-corrected chi connectivity index (χ0v) is 16.1. The molecular weight excluding hydrogens is 360 g/mol. The topological polar surface area (TPSA) is 48.5 Å². The van der Waals surface area contributed by atoms with E-state index in [9.17, 15) is 4.79 Å². The molecule has 1 aromatic rings. The monoisotopic (exact) mass is 382 g/mol. The number of carbonyl (C=O) groups excluding carboxylic acids is 1. The molecule has 1 saturated heterocycles. The Hall–Kier alpha value is -2.37. The quantitative estimate of drug-likeness (QED) is 0.853. The lowest BCUT2D eigenvalue weighted by molar-refractivity contribution is -0.122. The number of nitrogens with one attached hydrogen (secondary N) is 1. The summed E-state index contributed by atoms with van der Waals surface area (Å²) in [5.41, 5.74) is 3.89. The minimum Gasteiger partial charge on any atom is -0.368 e. The standard InChI is InChI=1S/C21H23ClN4O/c1-15-2-3-18-4-5-19(25-8-6-23-7-9-25)14-26(18)21(27)11-20(15)16-10-17(22)13-24-12-16/h3-5,10-15,23H,2,6-9H2,1H3. The van der Waals surface area contributed by atoms with Crippen LogP contribution >= 0.6 is 11.6 Å². The molecule has 0 bridgehead atoms. The Labute approximate surface area is 164 Å². The molecule has 1 unspecified atom stereocenters. The number of aromatic nitrogens is 1. The lowest BCUT2D eigenvalue weighted by Crippen LogP contribution is -2.43. The molecule has 0 saturated carbocycles. The van der Waals surface area contributed by atoms with E-state index >= 15 is 0 Å². The number of allylic oxidation sites excluding steroid dienone is 4. The molecule has 5 nitrogen and oxygen atoms in total. The van der Waals surface area contributed by atoms with Gasteiger partial charge in [-0.15, -0.1) is 0 Å². The summed E-state index contributed by atoms with van der Waals surface area (Å²) in [6.07, 6.45) is 14.2. The van der Waals surface area contributed by atoms with E-state index < -0.39 is 0 Å². The van der Waals surface area contributed by atoms with E-state index in [1.54, 1.807) is 23.4 Å². The second kappa shape index (κ2) is 7.71. The number of pyridine rings is 1. The minimum absolute atomic E-state index is 0.0419. The molecule has 1 fully saturated rings. The molecule has 1 aromatic heterocycles. The normalized spacial score (nSPS) is 23.1. The Kier molecular flexibility index (Phi) is 5.14. The van der Waals surface area contributed by atoms with Gasteiger partial charge in [-0.3, -0.25) is 14.7 Å². The molecule has 3 aliphatic rings. The van der Waals surface area contributed by atoms with E-state index in [1.807, 2.05) is 18.3 Å².